The van der Waals surface area contributed by atoms with Gasteiger partial charge in [0.25, 0.3) is 0 Å². The molecular weight excluding hydrogens is 376 g/mol. The largest absolute Gasteiger partial charge is 0.461 e. The summed E-state index contributed by atoms with van der Waals surface area (Å²) in [7, 11) is 0. The molecule has 1 aromatic heterocycles. The van der Waals surface area contributed by atoms with Crippen LogP contribution >= 0.6 is 11.3 Å². The van der Waals surface area contributed by atoms with Crippen molar-refractivity contribution >= 4 is 23.4 Å². The summed E-state index contributed by atoms with van der Waals surface area (Å²) < 4.78 is 10.5. The summed E-state index contributed by atoms with van der Waals surface area (Å²) in [5, 5.41) is 2.33. The second-order valence-electron chi connectivity index (χ2n) is 7.34. The van der Waals surface area contributed by atoms with E-state index in [-0.39, 0.29) is 11.8 Å². The zero-order valence-electron chi connectivity index (χ0n) is 16.9. The first kappa shape index (κ1) is 21.9. The van der Waals surface area contributed by atoms with Crippen LogP contribution in [0.3, 0.4) is 0 Å². The normalized spacial score (nSPS) is 11.1. The predicted molar refractivity (Wildman–Crippen MR) is 109 cm³/mol. The fraction of sp³-hybridized carbons (Fsp3) is 0.476. The monoisotopic (exact) mass is 404 g/mol. The highest BCUT2D eigenvalue weighted by Crippen LogP contribution is 2.17. The Hall–Kier alpha value is -2.41. The molecule has 1 amide bonds. The molecule has 0 spiro atoms. The first-order valence-electron chi connectivity index (χ1n) is 9.42. The average molecular weight is 405 g/mol. The van der Waals surface area contributed by atoms with Crippen molar-refractivity contribution in [2.45, 2.75) is 52.7 Å². The van der Waals surface area contributed by atoms with Crippen molar-refractivity contribution in [3.8, 4) is 0 Å². The lowest BCUT2D eigenvalue weighted by Crippen LogP contribution is -2.37. The zero-order valence-corrected chi connectivity index (χ0v) is 17.8. The summed E-state index contributed by atoms with van der Waals surface area (Å²) in [6.07, 6.45) is 1.29. The summed E-state index contributed by atoms with van der Waals surface area (Å²) in [5.41, 5.74) is 0.925. The fourth-order valence-electron chi connectivity index (χ4n) is 2.53. The van der Waals surface area contributed by atoms with Gasteiger partial charge in [0.2, 0.25) is 0 Å². The molecule has 2 rings (SSSR count). The topological polar surface area (TPSA) is 68.7 Å². The lowest BCUT2D eigenvalue weighted by molar-refractivity contribution is 0.0231. The van der Waals surface area contributed by atoms with Crippen molar-refractivity contribution in [1.82, 2.24) is 9.88 Å². The summed E-state index contributed by atoms with van der Waals surface area (Å²) in [5.74, 6) is -0.446. The van der Waals surface area contributed by atoms with Gasteiger partial charge in [-0.3, -0.25) is 0 Å². The van der Waals surface area contributed by atoms with E-state index < -0.39 is 11.6 Å². The van der Waals surface area contributed by atoms with Crippen LogP contribution in [0.4, 0.5) is 4.79 Å². The van der Waals surface area contributed by atoms with E-state index in [0.29, 0.717) is 24.7 Å². The lowest BCUT2D eigenvalue weighted by Gasteiger charge is -2.27. The van der Waals surface area contributed by atoms with Gasteiger partial charge in [-0.25, -0.2) is 14.6 Å². The standard InChI is InChI=1S/C21H28N2O4S/c1-5-26-19(24)17-15-28-18(22-17)14-23(20(25)27-21(2,3)4)13-9-12-16-10-7-6-8-11-16/h6-8,10-11,15H,5,9,12-14H2,1-4H3. The van der Waals surface area contributed by atoms with E-state index in [1.807, 2.05) is 39.0 Å². The van der Waals surface area contributed by atoms with Crippen LogP contribution in [-0.2, 0) is 22.4 Å². The van der Waals surface area contributed by atoms with Gasteiger partial charge in [0.1, 0.15) is 10.6 Å². The molecule has 0 fully saturated rings. The van der Waals surface area contributed by atoms with Gasteiger partial charge in [-0.1, -0.05) is 30.3 Å². The van der Waals surface area contributed by atoms with E-state index in [1.54, 1.807) is 17.2 Å². The molecule has 0 aliphatic carbocycles. The molecule has 0 saturated heterocycles. The highest BCUT2D eigenvalue weighted by molar-refractivity contribution is 7.09. The summed E-state index contributed by atoms with van der Waals surface area (Å²) in [6.45, 7) is 8.42. The molecule has 1 aromatic carbocycles. The van der Waals surface area contributed by atoms with E-state index in [9.17, 15) is 9.59 Å². The molecule has 0 atom stereocenters. The second-order valence-corrected chi connectivity index (χ2v) is 8.28. The minimum Gasteiger partial charge on any atom is -0.461 e. The Balaban J connectivity index is 2.03. The number of rotatable bonds is 8. The zero-order chi connectivity index (χ0) is 20.6. The highest BCUT2D eigenvalue weighted by Gasteiger charge is 2.23. The minimum atomic E-state index is -0.576. The van der Waals surface area contributed by atoms with Crippen LogP contribution in [0, 0.1) is 0 Å². The smallest absolute Gasteiger partial charge is 0.410 e. The third kappa shape index (κ3) is 7.31. The number of carbonyl (C=O) groups excluding carboxylic acids is 2. The Bertz CT molecular complexity index is 768. The minimum absolute atomic E-state index is 0.273. The Morgan fingerprint density at radius 1 is 1.18 bits per heavy atom. The van der Waals surface area contributed by atoms with E-state index in [4.69, 9.17) is 9.47 Å². The highest BCUT2D eigenvalue weighted by atomic mass is 32.1. The molecule has 0 N–H and O–H groups in total. The quantitative estimate of drug-likeness (QED) is 0.597. The molecule has 0 bridgehead atoms. The van der Waals surface area contributed by atoms with Gasteiger partial charge in [0, 0.05) is 11.9 Å². The summed E-state index contributed by atoms with van der Waals surface area (Å²) in [4.78, 5) is 30.4. The van der Waals surface area contributed by atoms with Crippen molar-refractivity contribution in [1.29, 1.82) is 0 Å². The van der Waals surface area contributed by atoms with Crippen LogP contribution in [0.2, 0.25) is 0 Å². The fourth-order valence-corrected chi connectivity index (χ4v) is 3.30. The van der Waals surface area contributed by atoms with Crippen molar-refractivity contribution in [3.63, 3.8) is 0 Å². The average Bonchev–Trinajstić information content (AvgIpc) is 3.09. The van der Waals surface area contributed by atoms with Gasteiger partial charge < -0.3 is 14.4 Å². The number of hydrogen-bond donors (Lipinski definition) is 0. The first-order valence-corrected chi connectivity index (χ1v) is 10.3. The van der Waals surface area contributed by atoms with Crippen LogP contribution in [0.15, 0.2) is 35.7 Å². The number of benzene rings is 1. The van der Waals surface area contributed by atoms with Gasteiger partial charge in [-0.05, 0) is 46.1 Å². The number of esters is 1. The number of ether oxygens (including phenoxy) is 2. The van der Waals surface area contributed by atoms with Crippen molar-refractivity contribution in [2.75, 3.05) is 13.2 Å². The molecule has 0 radical (unpaired) electrons. The van der Waals surface area contributed by atoms with Crippen LogP contribution in [0.1, 0.15) is 55.2 Å². The molecule has 28 heavy (non-hydrogen) atoms. The van der Waals surface area contributed by atoms with E-state index in [2.05, 4.69) is 17.1 Å². The Morgan fingerprint density at radius 3 is 2.54 bits per heavy atom. The van der Waals surface area contributed by atoms with E-state index in [0.717, 1.165) is 12.8 Å². The molecule has 7 heteroatoms. The summed E-state index contributed by atoms with van der Waals surface area (Å²) >= 11 is 1.34. The maximum atomic E-state index is 12.6. The van der Waals surface area contributed by atoms with Gasteiger partial charge in [0.15, 0.2) is 5.69 Å². The van der Waals surface area contributed by atoms with E-state index >= 15 is 0 Å². The number of carbonyl (C=O) groups is 2. The van der Waals surface area contributed by atoms with Crippen LogP contribution < -0.4 is 0 Å². The number of hydrogen-bond acceptors (Lipinski definition) is 6. The molecule has 0 aliphatic rings. The number of nitrogens with zero attached hydrogens (tertiary/aromatic N) is 2. The molecule has 6 nitrogen and oxygen atoms in total. The maximum absolute atomic E-state index is 12.6. The Labute approximate surface area is 170 Å². The van der Waals surface area contributed by atoms with Gasteiger partial charge in [-0.15, -0.1) is 11.3 Å². The summed E-state index contributed by atoms with van der Waals surface area (Å²) in [6, 6.07) is 10.1. The van der Waals surface area contributed by atoms with Crippen LogP contribution in [-0.4, -0.2) is 40.7 Å². The molecule has 0 aliphatic heterocycles. The van der Waals surface area contributed by atoms with Gasteiger partial charge in [0.05, 0.1) is 13.2 Å². The van der Waals surface area contributed by atoms with Gasteiger partial charge >= 0.3 is 12.1 Å². The number of aromatic nitrogens is 1. The third-order valence-corrected chi connectivity index (χ3v) is 4.58. The molecular formula is C21H28N2O4S. The molecule has 2 aromatic rings. The Kier molecular flexibility index (Phi) is 7.99. The molecule has 152 valence electrons. The Morgan fingerprint density at radius 2 is 1.89 bits per heavy atom. The molecule has 1 heterocycles. The van der Waals surface area contributed by atoms with Crippen LogP contribution in [0.25, 0.3) is 0 Å². The van der Waals surface area contributed by atoms with Crippen molar-refractivity contribution < 1.29 is 19.1 Å². The molecule has 0 saturated carbocycles. The number of aryl methyl sites for hydroxylation is 1. The predicted octanol–water partition coefficient (Wildman–Crippen LogP) is 4.69. The van der Waals surface area contributed by atoms with Crippen molar-refractivity contribution in [3.05, 3.63) is 52.0 Å². The SMILES string of the molecule is CCOC(=O)c1csc(CN(CCCc2ccccc2)C(=O)OC(C)(C)C)n1. The first-order chi connectivity index (χ1) is 13.3. The third-order valence-electron chi connectivity index (χ3n) is 3.75. The molecule has 0 unspecified atom stereocenters. The van der Waals surface area contributed by atoms with Crippen molar-refractivity contribution in [2.24, 2.45) is 0 Å². The lowest BCUT2D eigenvalue weighted by atomic mass is 10.1. The van der Waals surface area contributed by atoms with E-state index in [1.165, 1.54) is 16.9 Å². The number of amides is 1. The van der Waals surface area contributed by atoms with Crippen LogP contribution in [0.5, 0.6) is 0 Å². The maximum Gasteiger partial charge on any atom is 0.410 e. The second kappa shape index (κ2) is 10.2. The number of thiazole rings is 1. The van der Waals surface area contributed by atoms with Gasteiger partial charge in [-0.2, -0.15) is 0 Å².